The number of benzene rings is 3. The van der Waals surface area contributed by atoms with E-state index >= 15 is 0 Å². The highest BCUT2D eigenvalue weighted by atomic mass is 35.5. The van der Waals surface area contributed by atoms with E-state index in [1.165, 1.54) is 4.90 Å². The molecule has 0 aliphatic carbocycles. The van der Waals surface area contributed by atoms with Crippen molar-refractivity contribution in [2.75, 3.05) is 7.11 Å². The zero-order chi connectivity index (χ0) is 23.4. The summed E-state index contributed by atoms with van der Waals surface area (Å²) < 4.78 is 10.7. The maximum atomic E-state index is 12.9. The molecule has 0 aromatic heterocycles. The Morgan fingerprint density at radius 2 is 1.70 bits per heavy atom. The van der Waals surface area contributed by atoms with Crippen LogP contribution in [0, 0.1) is 0 Å². The topological polar surface area (TPSA) is 72.9 Å². The second-order valence-electron chi connectivity index (χ2n) is 7.05. The van der Waals surface area contributed by atoms with Gasteiger partial charge in [0.1, 0.15) is 11.5 Å². The molecule has 0 saturated carbocycles. The van der Waals surface area contributed by atoms with E-state index < -0.39 is 11.9 Å². The summed E-state index contributed by atoms with van der Waals surface area (Å²) in [6.45, 7) is 0.146. The summed E-state index contributed by atoms with van der Waals surface area (Å²) in [5, 5.41) is 0.211. The Morgan fingerprint density at radius 1 is 1.00 bits per heavy atom. The molecule has 1 aliphatic rings. The monoisotopic (exact) mass is 479 g/mol. The smallest absolute Gasteiger partial charge is 0.343 e. The van der Waals surface area contributed by atoms with E-state index in [1.807, 2.05) is 0 Å². The second-order valence-corrected chi connectivity index (χ2v) is 8.48. The van der Waals surface area contributed by atoms with Gasteiger partial charge < -0.3 is 9.47 Å². The Labute approximate surface area is 199 Å². The van der Waals surface area contributed by atoms with E-state index in [9.17, 15) is 14.4 Å². The van der Waals surface area contributed by atoms with Crippen LogP contribution in [0.1, 0.15) is 21.5 Å². The van der Waals surface area contributed by atoms with Gasteiger partial charge in [0.05, 0.1) is 24.1 Å². The van der Waals surface area contributed by atoms with Crippen molar-refractivity contribution >= 4 is 46.6 Å². The Bertz CT molecular complexity index is 1240. The summed E-state index contributed by atoms with van der Waals surface area (Å²) in [7, 11) is 1.54. The maximum absolute atomic E-state index is 12.9. The van der Waals surface area contributed by atoms with Crippen LogP contribution in [0.15, 0.2) is 77.7 Å². The van der Waals surface area contributed by atoms with Gasteiger partial charge in [0.25, 0.3) is 11.1 Å². The first-order chi connectivity index (χ1) is 15.9. The molecule has 4 rings (SSSR count). The van der Waals surface area contributed by atoms with Crippen molar-refractivity contribution in [1.29, 1.82) is 0 Å². The molecular formula is C25H18ClNO5S. The van der Waals surface area contributed by atoms with Gasteiger partial charge in [0.2, 0.25) is 0 Å². The zero-order valence-electron chi connectivity index (χ0n) is 17.5. The van der Waals surface area contributed by atoms with Gasteiger partial charge in [-0.2, -0.15) is 0 Å². The number of hydrogen-bond donors (Lipinski definition) is 0. The van der Waals surface area contributed by atoms with Crippen molar-refractivity contribution in [2.45, 2.75) is 6.54 Å². The molecule has 1 heterocycles. The molecule has 0 atom stereocenters. The molecule has 166 valence electrons. The lowest BCUT2D eigenvalue weighted by atomic mass is 10.1. The molecular weight excluding hydrogens is 462 g/mol. The van der Waals surface area contributed by atoms with Gasteiger partial charge in [-0.25, -0.2) is 4.79 Å². The number of ether oxygens (including phenoxy) is 2. The average molecular weight is 480 g/mol. The van der Waals surface area contributed by atoms with Crippen LogP contribution in [-0.2, 0) is 11.3 Å². The van der Waals surface area contributed by atoms with Crippen LogP contribution in [0.3, 0.4) is 0 Å². The summed E-state index contributed by atoms with van der Waals surface area (Å²) in [4.78, 5) is 39.3. The number of para-hydroxylation sites is 1. The van der Waals surface area contributed by atoms with E-state index in [2.05, 4.69) is 0 Å². The zero-order valence-corrected chi connectivity index (χ0v) is 19.1. The van der Waals surface area contributed by atoms with E-state index in [-0.39, 0.29) is 22.4 Å². The lowest BCUT2D eigenvalue weighted by molar-refractivity contribution is -0.123. The highest BCUT2D eigenvalue weighted by molar-refractivity contribution is 8.18. The van der Waals surface area contributed by atoms with E-state index in [0.29, 0.717) is 21.9 Å². The molecule has 0 spiro atoms. The summed E-state index contributed by atoms with van der Waals surface area (Å²) in [5.74, 6) is -0.0466. The number of carbonyl (C=O) groups excluding carboxylic acids is 3. The van der Waals surface area contributed by atoms with Crippen molar-refractivity contribution in [3.05, 3.63) is 99.4 Å². The first-order valence-corrected chi connectivity index (χ1v) is 11.1. The summed E-state index contributed by atoms with van der Waals surface area (Å²) in [6, 6.07) is 20.3. The van der Waals surface area contributed by atoms with Crippen molar-refractivity contribution in [1.82, 2.24) is 4.90 Å². The number of esters is 1. The molecule has 3 aromatic rings. The van der Waals surface area contributed by atoms with Crippen LogP contribution in [0.25, 0.3) is 6.08 Å². The van der Waals surface area contributed by atoms with Crippen LogP contribution >= 0.6 is 23.4 Å². The van der Waals surface area contributed by atoms with Gasteiger partial charge in [-0.15, -0.1) is 0 Å². The summed E-state index contributed by atoms with van der Waals surface area (Å²) >= 11 is 6.75. The van der Waals surface area contributed by atoms with Gasteiger partial charge in [0, 0.05) is 10.6 Å². The fraction of sp³-hybridized carbons (Fsp3) is 0.0800. The third-order valence-electron chi connectivity index (χ3n) is 4.86. The Kier molecular flexibility index (Phi) is 6.82. The van der Waals surface area contributed by atoms with Crippen LogP contribution in [0.2, 0.25) is 5.02 Å². The normalized spacial score (nSPS) is 14.6. The predicted molar refractivity (Wildman–Crippen MR) is 127 cm³/mol. The fourth-order valence-corrected chi connectivity index (χ4v) is 4.08. The molecule has 0 bridgehead atoms. The first-order valence-electron chi connectivity index (χ1n) is 9.89. The average Bonchev–Trinajstić information content (AvgIpc) is 3.09. The van der Waals surface area contributed by atoms with Crippen molar-refractivity contribution in [3.63, 3.8) is 0 Å². The minimum atomic E-state index is -0.547. The van der Waals surface area contributed by atoms with Crippen LogP contribution < -0.4 is 9.47 Å². The van der Waals surface area contributed by atoms with Gasteiger partial charge in [-0.3, -0.25) is 14.5 Å². The number of halogens is 1. The summed E-state index contributed by atoms with van der Waals surface area (Å²) in [5.41, 5.74) is 1.65. The maximum Gasteiger partial charge on any atom is 0.343 e. The third-order valence-corrected chi connectivity index (χ3v) is 6.02. The van der Waals surface area contributed by atoms with Gasteiger partial charge in [-0.05, 0) is 65.9 Å². The molecule has 1 fully saturated rings. The minimum absolute atomic E-state index is 0.146. The highest BCUT2D eigenvalue weighted by Gasteiger charge is 2.35. The number of rotatable bonds is 6. The number of hydrogen-bond acceptors (Lipinski definition) is 6. The SMILES string of the molecule is COc1ccc(C(=O)Oc2ccccc2/C=C2\SC(=O)N(Cc3ccc(Cl)cc3)C2=O)cc1. The third kappa shape index (κ3) is 5.27. The number of thioether (sulfide) groups is 1. The lowest BCUT2D eigenvalue weighted by Gasteiger charge is -2.12. The number of imide groups is 1. The Morgan fingerprint density at radius 3 is 2.39 bits per heavy atom. The van der Waals surface area contributed by atoms with Gasteiger partial charge in [-0.1, -0.05) is 41.9 Å². The van der Waals surface area contributed by atoms with Crippen LogP contribution in [-0.4, -0.2) is 29.1 Å². The summed E-state index contributed by atoms with van der Waals surface area (Å²) in [6.07, 6.45) is 1.56. The minimum Gasteiger partial charge on any atom is -0.497 e. The molecule has 0 N–H and O–H groups in total. The number of methoxy groups -OCH3 is 1. The molecule has 8 heteroatoms. The largest absolute Gasteiger partial charge is 0.497 e. The van der Waals surface area contributed by atoms with Crippen LogP contribution in [0.5, 0.6) is 11.5 Å². The number of amides is 2. The molecule has 33 heavy (non-hydrogen) atoms. The van der Waals surface area contributed by atoms with E-state index in [0.717, 1.165) is 17.3 Å². The molecule has 0 unspecified atom stereocenters. The standard InChI is InChI=1S/C25H18ClNO5S/c1-31-20-12-8-17(9-13-20)24(29)32-21-5-3-2-4-18(21)14-22-23(28)27(25(30)33-22)15-16-6-10-19(26)11-7-16/h2-14H,15H2,1H3/b22-14-. The molecule has 1 aliphatic heterocycles. The fourth-order valence-electron chi connectivity index (χ4n) is 3.13. The molecule has 0 radical (unpaired) electrons. The second kappa shape index (κ2) is 9.94. The van der Waals surface area contributed by atoms with E-state index in [1.54, 1.807) is 86.0 Å². The highest BCUT2D eigenvalue weighted by Crippen LogP contribution is 2.35. The Hall–Kier alpha value is -3.55. The van der Waals surface area contributed by atoms with E-state index in [4.69, 9.17) is 21.1 Å². The molecule has 3 aromatic carbocycles. The van der Waals surface area contributed by atoms with Crippen LogP contribution in [0.4, 0.5) is 4.79 Å². The Balaban J connectivity index is 1.53. The quantitative estimate of drug-likeness (QED) is 0.252. The number of carbonyl (C=O) groups is 3. The van der Waals surface area contributed by atoms with Gasteiger partial charge >= 0.3 is 5.97 Å². The molecule has 1 saturated heterocycles. The first kappa shape index (κ1) is 22.6. The predicted octanol–water partition coefficient (Wildman–Crippen LogP) is 5.80. The number of nitrogens with zero attached hydrogens (tertiary/aromatic N) is 1. The van der Waals surface area contributed by atoms with Gasteiger partial charge in [0.15, 0.2) is 0 Å². The lowest BCUT2D eigenvalue weighted by Crippen LogP contribution is -2.27. The molecule has 2 amide bonds. The van der Waals surface area contributed by atoms with Crippen molar-refractivity contribution in [2.24, 2.45) is 0 Å². The molecule has 6 nitrogen and oxygen atoms in total. The van der Waals surface area contributed by atoms with Crippen molar-refractivity contribution < 1.29 is 23.9 Å². The van der Waals surface area contributed by atoms with Crippen molar-refractivity contribution in [3.8, 4) is 11.5 Å².